The van der Waals surface area contributed by atoms with Gasteiger partial charge >= 0.3 is 5.97 Å². The summed E-state index contributed by atoms with van der Waals surface area (Å²) < 4.78 is 1.17. The molecule has 2 N–H and O–H groups in total. The molecule has 0 aliphatic rings. The summed E-state index contributed by atoms with van der Waals surface area (Å²) in [4.78, 5) is 23.1. The molecule has 6 nitrogen and oxygen atoms in total. The standard InChI is InChI=1S/C17H21N3O3/c1-11(2)13-4-6-14(7-5-13)12(3)19-16(21)10-20-15(17(22)23)8-9-18-20/h4-9,11-12H,10H2,1-3H3,(H,19,21)(H,22,23). The molecule has 1 aromatic carbocycles. The van der Waals surface area contributed by atoms with Crippen LogP contribution in [-0.2, 0) is 11.3 Å². The van der Waals surface area contributed by atoms with Gasteiger partial charge < -0.3 is 10.4 Å². The second-order valence-corrected chi connectivity index (χ2v) is 5.79. The number of carbonyl (C=O) groups excluding carboxylic acids is 1. The molecule has 0 aliphatic carbocycles. The van der Waals surface area contributed by atoms with Gasteiger partial charge in [-0.1, -0.05) is 38.1 Å². The number of aromatic nitrogens is 2. The fraction of sp³-hybridized carbons (Fsp3) is 0.353. The number of carbonyl (C=O) groups is 2. The first-order valence-corrected chi connectivity index (χ1v) is 7.52. The van der Waals surface area contributed by atoms with Crippen molar-refractivity contribution in [2.24, 2.45) is 0 Å². The van der Waals surface area contributed by atoms with Gasteiger partial charge in [-0.05, 0) is 30.0 Å². The van der Waals surface area contributed by atoms with Gasteiger partial charge in [-0.2, -0.15) is 5.10 Å². The molecule has 2 aromatic rings. The molecule has 0 spiro atoms. The lowest BCUT2D eigenvalue weighted by Crippen LogP contribution is -2.31. The zero-order valence-electron chi connectivity index (χ0n) is 13.5. The smallest absolute Gasteiger partial charge is 0.354 e. The molecule has 23 heavy (non-hydrogen) atoms. The van der Waals surface area contributed by atoms with Crippen LogP contribution in [0.25, 0.3) is 0 Å². The highest BCUT2D eigenvalue weighted by atomic mass is 16.4. The zero-order chi connectivity index (χ0) is 17.0. The van der Waals surface area contributed by atoms with Crippen LogP contribution in [0, 0.1) is 0 Å². The third kappa shape index (κ3) is 4.18. The number of hydrogen-bond donors (Lipinski definition) is 2. The molecule has 0 saturated heterocycles. The lowest BCUT2D eigenvalue weighted by molar-refractivity contribution is -0.122. The Morgan fingerprint density at radius 3 is 2.30 bits per heavy atom. The van der Waals surface area contributed by atoms with Gasteiger partial charge in [0.05, 0.1) is 6.04 Å². The van der Waals surface area contributed by atoms with Crippen molar-refractivity contribution in [3.8, 4) is 0 Å². The number of amides is 1. The highest BCUT2D eigenvalue weighted by molar-refractivity contribution is 5.86. The van der Waals surface area contributed by atoms with E-state index in [0.29, 0.717) is 5.92 Å². The topological polar surface area (TPSA) is 84.2 Å². The molecule has 122 valence electrons. The summed E-state index contributed by atoms with van der Waals surface area (Å²) >= 11 is 0. The fourth-order valence-electron chi connectivity index (χ4n) is 2.32. The lowest BCUT2D eigenvalue weighted by atomic mass is 9.99. The van der Waals surface area contributed by atoms with Crippen molar-refractivity contribution in [2.75, 3.05) is 0 Å². The summed E-state index contributed by atoms with van der Waals surface area (Å²) in [5.74, 6) is -0.924. The molecule has 0 bridgehead atoms. The summed E-state index contributed by atoms with van der Waals surface area (Å²) in [6.45, 7) is 6.03. The minimum atomic E-state index is -1.10. The normalized spacial score (nSPS) is 12.2. The van der Waals surface area contributed by atoms with Gasteiger partial charge in [-0.25, -0.2) is 9.48 Å². The molecular formula is C17H21N3O3. The molecule has 1 unspecified atom stereocenters. The largest absolute Gasteiger partial charge is 0.477 e. The van der Waals surface area contributed by atoms with Crippen molar-refractivity contribution < 1.29 is 14.7 Å². The maximum absolute atomic E-state index is 12.1. The number of aromatic carboxylic acids is 1. The average molecular weight is 315 g/mol. The summed E-state index contributed by atoms with van der Waals surface area (Å²) in [5, 5.41) is 15.7. The van der Waals surface area contributed by atoms with Crippen LogP contribution in [0.15, 0.2) is 36.5 Å². The number of nitrogens with one attached hydrogen (secondary N) is 1. The van der Waals surface area contributed by atoms with E-state index < -0.39 is 5.97 Å². The first kappa shape index (κ1) is 16.7. The summed E-state index contributed by atoms with van der Waals surface area (Å²) in [5.41, 5.74) is 2.24. The summed E-state index contributed by atoms with van der Waals surface area (Å²) in [6, 6.07) is 9.31. The quantitative estimate of drug-likeness (QED) is 0.858. The summed E-state index contributed by atoms with van der Waals surface area (Å²) in [6.07, 6.45) is 1.37. The molecule has 1 heterocycles. The van der Waals surface area contributed by atoms with Crippen LogP contribution in [0.5, 0.6) is 0 Å². The Morgan fingerprint density at radius 1 is 1.13 bits per heavy atom. The third-order valence-corrected chi connectivity index (χ3v) is 3.71. The van der Waals surface area contributed by atoms with Crippen molar-refractivity contribution in [3.05, 3.63) is 53.3 Å². The number of hydrogen-bond acceptors (Lipinski definition) is 3. The second kappa shape index (κ2) is 7.09. The van der Waals surface area contributed by atoms with Gasteiger partial charge in [-0.15, -0.1) is 0 Å². The van der Waals surface area contributed by atoms with E-state index in [4.69, 9.17) is 5.11 Å². The molecule has 0 saturated carbocycles. The molecule has 1 aromatic heterocycles. The SMILES string of the molecule is CC(C)c1ccc(C(C)NC(=O)Cn2nccc2C(=O)O)cc1. The van der Waals surface area contributed by atoms with E-state index in [2.05, 4.69) is 36.4 Å². The molecule has 0 radical (unpaired) electrons. The Balaban J connectivity index is 1.99. The monoisotopic (exact) mass is 315 g/mol. The number of rotatable bonds is 6. The van der Waals surface area contributed by atoms with E-state index in [0.717, 1.165) is 5.56 Å². The third-order valence-electron chi connectivity index (χ3n) is 3.71. The van der Waals surface area contributed by atoms with Gasteiger partial charge in [0, 0.05) is 6.20 Å². The van der Waals surface area contributed by atoms with E-state index in [1.54, 1.807) is 0 Å². The van der Waals surface area contributed by atoms with Crippen molar-refractivity contribution in [1.29, 1.82) is 0 Å². The van der Waals surface area contributed by atoms with E-state index in [1.807, 2.05) is 19.1 Å². The first-order valence-electron chi connectivity index (χ1n) is 7.52. The summed E-state index contributed by atoms with van der Waals surface area (Å²) in [7, 11) is 0. The van der Waals surface area contributed by atoms with Crippen LogP contribution < -0.4 is 5.32 Å². The maximum atomic E-state index is 12.1. The Bertz CT molecular complexity index is 689. The van der Waals surface area contributed by atoms with Crippen LogP contribution in [-0.4, -0.2) is 26.8 Å². The van der Waals surface area contributed by atoms with Crippen LogP contribution in [0.4, 0.5) is 0 Å². The number of nitrogens with zero attached hydrogens (tertiary/aromatic N) is 2. The first-order chi connectivity index (χ1) is 10.9. The fourth-order valence-corrected chi connectivity index (χ4v) is 2.32. The van der Waals surface area contributed by atoms with Crippen LogP contribution in [0.2, 0.25) is 0 Å². The van der Waals surface area contributed by atoms with Crippen molar-refractivity contribution in [1.82, 2.24) is 15.1 Å². The van der Waals surface area contributed by atoms with E-state index in [-0.39, 0.29) is 24.2 Å². The predicted molar refractivity (Wildman–Crippen MR) is 86.3 cm³/mol. The molecule has 6 heteroatoms. The van der Waals surface area contributed by atoms with E-state index >= 15 is 0 Å². The van der Waals surface area contributed by atoms with Crippen molar-refractivity contribution >= 4 is 11.9 Å². The highest BCUT2D eigenvalue weighted by Gasteiger charge is 2.15. The van der Waals surface area contributed by atoms with Gasteiger partial charge in [-0.3, -0.25) is 4.79 Å². The Hall–Kier alpha value is -2.63. The van der Waals surface area contributed by atoms with E-state index in [1.165, 1.54) is 22.5 Å². The molecule has 1 amide bonds. The maximum Gasteiger partial charge on any atom is 0.354 e. The lowest BCUT2D eigenvalue weighted by Gasteiger charge is -2.16. The minimum Gasteiger partial charge on any atom is -0.477 e. The number of carboxylic acids is 1. The number of benzene rings is 1. The molecule has 2 rings (SSSR count). The predicted octanol–water partition coefficient (Wildman–Crippen LogP) is 2.58. The van der Waals surface area contributed by atoms with Crippen LogP contribution >= 0.6 is 0 Å². The molecular weight excluding hydrogens is 294 g/mol. The molecule has 0 fully saturated rings. The van der Waals surface area contributed by atoms with Gasteiger partial charge in [0.15, 0.2) is 0 Å². The minimum absolute atomic E-state index is 0.00547. The zero-order valence-corrected chi connectivity index (χ0v) is 13.5. The van der Waals surface area contributed by atoms with Crippen LogP contribution in [0.1, 0.15) is 54.3 Å². The Kier molecular flexibility index (Phi) is 5.16. The van der Waals surface area contributed by atoms with Gasteiger partial charge in [0.1, 0.15) is 12.2 Å². The molecule has 0 aliphatic heterocycles. The average Bonchev–Trinajstić information content (AvgIpc) is 2.95. The van der Waals surface area contributed by atoms with Crippen molar-refractivity contribution in [2.45, 2.75) is 39.3 Å². The van der Waals surface area contributed by atoms with Gasteiger partial charge in [0.2, 0.25) is 5.91 Å². The Labute approximate surface area is 135 Å². The highest BCUT2D eigenvalue weighted by Crippen LogP contribution is 2.18. The molecule has 1 atom stereocenters. The van der Waals surface area contributed by atoms with Gasteiger partial charge in [0.25, 0.3) is 0 Å². The second-order valence-electron chi connectivity index (χ2n) is 5.79. The Morgan fingerprint density at radius 2 is 1.74 bits per heavy atom. The van der Waals surface area contributed by atoms with Crippen LogP contribution in [0.3, 0.4) is 0 Å². The van der Waals surface area contributed by atoms with Crippen molar-refractivity contribution in [3.63, 3.8) is 0 Å². The number of carboxylic acid groups (broad SMARTS) is 1. The van der Waals surface area contributed by atoms with E-state index in [9.17, 15) is 9.59 Å².